The predicted octanol–water partition coefficient (Wildman–Crippen LogP) is 2.72. The second kappa shape index (κ2) is 7.61. The summed E-state index contributed by atoms with van der Waals surface area (Å²) in [5, 5.41) is 8.24. The molecule has 0 bridgehead atoms. The third-order valence-corrected chi connectivity index (χ3v) is 4.70. The maximum absolute atomic E-state index is 11.7. The lowest BCUT2D eigenvalue weighted by Gasteiger charge is -2.15. The Morgan fingerprint density at radius 1 is 1.30 bits per heavy atom. The third-order valence-electron chi connectivity index (χ3n) is 4.70. The summed E-state index contributed by atoms with van der Waals surface area (Å²) in [7, 11) is 1.62. The highest BCUT2D eigenvalue weighted by atomic mass is 16.5. The summed E-state index contributed by atoms with van der Waals surface area (Å²) in [6.45, 7) is 2.30. The molecule has 1 amide bonds. The highest BCUT2D eigenvalue weighted by Crippen LogP contribution is 2.36. The first-order chi connectivity index (χ1) is 13.3. The molecule has 0 aliphatic carbocycles. The molecular formula is C19H21N5O3. The van der Waals surface area contributed by atoms with Crippen molar-refractivity contribution in [2.24, 2.45) is 0 Å². The first-order valence-corrected chi connectivity index (χ1v) is 9.03. The number of carbonyl (C=O) groups is 1. The molecule has 27 heavy (non-hydrogen) atoms. The fourth-order valence-corrected chi connectivity index (χ4v) is 3.36. The Balaban J connectivity index is 1.54. The molecule has 0 radical (unpaired) electrons. The summed E-state index contributed by atoms with van der Waals surface area (Å²) in [6.07, 6.45) is 3.92. The molecule has 1 aliphatic heterocycles. The molecule has 140 valence electrons. The summed E-state index contributed by atoms with van der Waals surface area (Å²) in [5.41, 5.74) is 1.88. The van der Waals surface area contributed by atoms with Crippen LogP contribution >= 0.6 is 0 Å². The summed E-state index contributed by atoms with van der Waals surface area (Å²) in [5.74, 6) is 1.61. The van der Waals surface area contributed by atoms with Crippen LogP contribution in [-0.4, -0.2) is 52.7 Å². The molecule has 8 nitrogen and oxygen atoms in total. The van der Waals surface area contributed by atoms with Crippen molar-refractivity contribution in [3.8, 4) is 17.0 Å². The smallest absolute Gasteiger partial charge is 0.263 e. The number of benzene rings is 1. The van der Waals surface area contributed by atoms with Crippen LogP contribution in [0.5, 0.6) is 5.75 Å². The van der Waals surface area contributed by atoms with Gasteiger partial charge < -0.3 is 19.5 Å². The van der Waals surface area contributed by atoms with Crippen LogP contribution in [0.25, 0.3) is 22.4 Å². The van der Waals surface area contributed by atoms with Crippen molar-refractivity contribution in [1.82, 2.24) is 20.0 Å². The van der Waals surface area contributed by atoms with Gasteiger partial charge in [0.1, 0.15) is 29.0 Å². The van der Waals surface area contributed by atoms with E-state index in [1.807, 2.05) is 29.2 Å². The zero-order chi connectivity index (χ0) is 18.6. The molecule has 2 aromatic heterocycles. The third kappa shape index (κ3) is 3.42. The van der Waals surface area contributed by atoms with Crippen molar-refractivity contribution in [1.29, 1.82) is 0 Å². The van der Waals surface area contributed by atoms with Crippen molar-refractivity contribution in [2.45, 2.75) is 19.3 Å². The van der Waals surface area contributed by atoms with Gasteiger partial charge in [-0.05, 0) is 25.0 Å². The van der Waals surface area contributed by atoms with Gasteiger partial charge in [0, 0.05) is 31.6 Å². The van der Waals surface area contributed by atoms with Crippen LogP contribution in [0.3, 0.4) is 0 Å². The molecule has 3 aromatic rings. The number of nitrogens with one attached hydrogen (secondary N) is 1. The van der Waals surface area contributed by atoms with Crippen molar-refractivity contribution in [3.05, 3.63) is 30.6 Å². The zero-order valence-corrected chi connectivity index (χ0v) is 15.1. The monoisotopic (exact) mass is 367 g/mol. The van der Waals surface area contributed by atoms with E-state index in [0.717, 1.165) is 36.9 Å². The van der Waals surface area contributed by atoms with Crippen LogP contribution in [0.2, 0.25) is 0 Å². The second-order valence-electron chi connectivity index (χ2n) is 6.40. The molecule has 0 unspecified atom stereocenters. The lowest BCUT2D eigenvalue weighted by molar-refractivity contribution is -0.127. The van der Waals surface area contributed by atoms with Gasteiger partial charge in [0.05, 0.1) is 7.11 Å². The maximum Gasteiger partial charge on any atom is 0.263 e. The molecule has 1 aromatic carbocycles. The van der Waals surface area contributed by atoms with E-state index in [4.69, 9.17) is 9.26 Å². The summed E-state index contributed by atoms with van der Waals surface area (Å²) < 4.78 is 10.8. The Labute approximate surface area is 156 Å². The molecule has 4 rings (SSSR count). The Hall–Kier alpha value is -3.16. The average molecular weight is 367 g/mol. The van der Waals surface area contributed by atoms with E-state index in [-0.39, 0.29) is 5.91 Å². The molecule has 1 saturated heterocycles. The summed E-state index contributed by atoms with van der Waals surface area (Å²) in [4.78, 5) is 22.1. The Bertz CT molecular complexity index is 955. The predicted molar refractivity (Wildman–Crippen MR) is 101 cm³/mol. The topological polar surface area (TPSA) is 93.4 Å². The fourth-order valence-electron chi connectivity index (χ4n) is 3.36. The van der Waals surface area contributed by atoms with Gasteiger partial charge in [-0.1, -0.05) is 17.3 Å². The minimum Gasteiger partial charge on any atom is -0.496 e. The van der Waals surface area contributed by atoms with Crippen LogP contribution in [-0.2, 0) is 4.79 Å². The first-order valence-electron chi connectivity index (χ1n) is 9.03. The van der Waals surface area contributed by atoms with E-state index in [1.165, 1.54) is 6.33 Å². The molecule has 0 saturated carbocycles. The normalized spacial score (nSPS) is 14.1. The second-order valence-corrected chi connectivity index (χ2v) is 6.40. The van der Waals surface area contributed by atoms with Crippen LogP contribution in [0, 0.1) is 0 Å². The van der Waals surface area contributed by atoms with Gasteiger partial charge in [-0.15, -0.1) is 0 Å². The number of likely N-dealkylation sites (tertiary alicyclic amines) is 1. The van der Waals surface area contributed by atoms with Crippen LogP contribution < -0.4 is 10.1 Å². The molecule has 8 heteroatoms. The van der Waals surface area contributed by atoms with Gasteiger partial charge in [0.25, 0.3) is 5.71 Å². The number of ether oxygens (including phenoxy) is 1. The van der Waals surface area contributed by atoms with E-state index in [9.17, 15) is 4.79 Å². The zero-order valence-electron chi connectivity index (χ0n) is 15.1. The van der Waals surface area contributed by atoms with Crippen molar-refractivity contribution < 1.29 is 14.1 Å². The fraction of sp³-hybridized carbons (Fsp3) is 0.368. The highest BCUT2D eigenvalue weighted by Gasteiger charge is 2.20. The number of anilines is 1. The number of methoxy groups -OCH3 is 1. The number of aromatic nitrogens is 3. The van der Waals surface area contributed by atoms with E-state index in [2.05, 4.69) is 20.4 Å². The maximum atomic E-state index is 11.7. The molecule has 1 aliphatic rings. The quantitative estimate of drug-likeness (QED) is 0.642. The SMILES string of the molecule is COc1ccccc1-c1noc2ncnc(NCCCN3CCCC3=O)c12. The Morgan fingerprint density at radius 2 is 2.19 bits per heavy atom. The number of para-hydroxylation sites is 1. The standard InChI is InChI=1S/C19H21N5O3/c1-26-14-7-3-2-6-13(14)17-16-18(21-12-22-19(16)27-23-17)20-9-5-11-24-10-4-8-15(24)25/h2-3,6-7,12H,4-5,8-11H2,1H3,(H,20,21,22). The molecule has 3 heterocycles. The molecule has 1 fully saturated rings. The van der Waals surface area contributed by atoms with Gasteiger partial charge in [-0.25, -0.2) is 4.98 Å². The number of nitrogens with zero attached hydrogens (tertiary/aromatic N) is 4. The summed E-state index contributed by atoms with van der Waals surface area (Å²) in [6, 6.07) is 7.62. The number of rotatable bonds is 7. The molecule has 0 atom stereocenters. The molecular weight excluding hydrogens is 346 g/mol. The van der Waals surface area contributed by atoms with Gasteiger partial charge in [-0.2, -0.15) is 4.98 Å². The Morgan fingerprint density at radius 3 is 3.00 bits per heavy atom. The number of carbonyl (C=O) groups excluding carboxylic acids is 1. The van der Waals surface area contributed by atoms with E-state index < -0.39 is 0 Å². The van der Waals surface area contributed by atoms with Gasteiger partial charge in [0.15, 0.2) is 0 Å². The number of fused-ring (bicyclic) bond motifs is 1. The Kier molecular flexibility index (Phi) is 4.86. The minimum absolute atomic E-state index is 0.247. The van der Waals surface area contributed by atoms with E-state index >= 15 is 0 Å². The van der Waals surface area contributed by atoms with Gasteiger partial charge in [0.2, 0.25) is 5.91 Å². The number of amides is 1. The van der Waals surface area contributed by atoms with Gasteiger partial charge >= 0.3 is 0 Å². The average Bonchev–Trinajstić information content (AvgIpc) is 3.31. The molecule has 1 N–H and O–H groups in total. The lowest BCUT2D eigenvalue weighted by Crippen LogP contribution is -2.27. The number of hydrogen-bond donors (Lipinski definition) is 1. The number of hydrogen-bond acceptors (Lipinski definition) is 7. The van der Waals surface area contributed by atoms with Gasteiger partial charge in [-0.3, -0.25) is 4.79 Å². The van der Waals surface area contributed by atoms with Crippen molar-refractivity contribution >= 4 is 22.8 Å². The van der Waals surface area contributed by atoms with E-state index in [0.29, 0.717) is 35.9 Å². The summed E-state index contributed by atoms with van der Waals surface area (Å²) >= 11 is 0. The van der Waals surface area contributed by atoms with Crippen molar-refractivity contribution in [2.75, 3.05) is 32.1 Å². The lowest BCUT2D eigenvalue weighted by atomic mass is 10.1. The van der Waals surface area contributed by atoms with E-state index in [1.54, 1.807) is 7.11 Å². The van der Waals surface area contributed by atoms with Crippen LogP contribution in [0.15, 0.2) is 35.1 Å². The van der Waals surface area contributed by atoms with Crippen LogP contribution in [0.1, 0.15) is 19.3 Å². The first kappa shape index (κ1) is 17.3. The van der Waals surface area contributed by atoms with Crippen LogP contribution in [0.4, 0.5) is 5.82 Å². The van der Waals surface area contributed by atoms with Crippen molar-refractivity contribution in [3.63, 3.8) is 0 Å². The molecule has 0 spiro atoms. The largest absolute Gasteiger partial charge is 0.496 e. The highest BCUT2D eigenvalue weighted by molar-refractivity contribution is 5.98. The minimum atomic E-state index is 0.247.